The highest BCUT2D eigenvalue weighted by atomic mass is 35.5. The van der Waals surface area contributed by atoms with Crippen LogP contribution in [0.15, 0.2) is 65.6 Å². The van der Waals surface area contributed by atoms with E-state index in [1.54, 1.807) is 30.0 Å². The van der Waals surface area contributed by atoms with Crippen molar-refractivity contribution in [2.75, 3.05) is 38.1 Å². The van der Waals surface area contributed by atoms with Crippen LogP contribution in [0.4, 0.5) is 5.69 Å². The van der Waals surface area contributed by atoms with E-state index in [1.165, 1.54) is 30.3 Å². The number of nitrogens with zero attached hydrogens (tertiary/aromatic N) is 2. The molecule has 3 aromatic rings. The van der Waals surface area contributed by atoms with Gasteiger partial charge in [0.15, 0.2) is 0 Å². The molecule has 0 aromatic heterocycles. The van der Waals surface area contributed by atoms with Crippen molar-refractivity contribution in [1.29, 1.82) is 0 Å². The van der Waals surface area contributed by atoms with E-state index in [0.29, 0.717) is 40.5 Å². The number of ether oxygens (including phenoxy) is 2. The second-order valence-corrected chi connectivity index (χ2v) is 15.4. The van der Waals surface area contributed by atoms with Crippen molar-refractivity contribution < 1.29 is 27.8 Å². The maximum atomic E-state index is 14.4. The molecule has 1 heterocycles. The Labute approximate surface area is 299 Å². The summed E-state index contributed by atoms with van der Waals surface area (Å²) < 4.78 is 41.7. The molecule has 9 nitrogen and oxygen atoms in total. The average molecular weight is 741 g/mol. The van der Waals surface area contributed by atoms with Crippen LogP contribution in [0.3, 0.4) is 0 Å². The summed E-state index contributed by atoms with van der Waals surface area (Å²) in [4.78, 5) is 18.2. The Hall–Kier alpha value is -2.57. The number of hydrogen-bond donors (Lipinski definition) is 2. The molecular weight excluding hydrogens is 697 g/mol. The minimum atomic E-state index is -3.97. The first-order valence-electron chi connectivity index (χ1n) is 16.0. The van der Waals surface area contributed by atoms with Crippen LogP contribution in [-0.2, 0) is 21.3 Å². The van der Waals surface area contributed by atoms with Gasteiger partial charge in [0.05, 0.1) is 45.4 Å². The molecule has 0 saturated carbocycles. The van der Waals surface area contributed by atoms with Crippen molar-refractivity contribution in [3.05, 3.63) is 86.9 Å². The topological polar surface area (TPSA) is 108 Å². The van der Waals surface area contributed by atoms with Crippen molar-refractivity contribution in [2.45, 2.75) is 69.7 Å². The largest absolute Gasteiger partial charge is 0.490 e. The molecule has 0 aliphatic carbocycles. The molecule has 262 valence electrons. The van der Waals surface area contributed by atoms with Crippen LogP contribution in [0, 0.1) is 5.92 Å². The summed E-state index contributed by atoms with van der Waals surface area (Å²) in [5.41, 5.74) is 1.40. The minimum Gasteiger partial charge on any atom is -0.490 e. The normalized spacial score (nSPS) is 20.5. The quantitative estimate of drug-likeness (QED) is 0.236. The van der Waals surface area contributed by atoms with Gasteiger partial charge in [-0.2, -0.15) is 0 Å². The number of likely N-dealkylation sites (N-methyl/N-ethyl adjacent to an activating group) is 1. The summed E-state index contributed by atoms with van der Waals surface area (Å²) >= 11 is 18.3. The summed E-state index contributed by atoms with van der Waals surface area (Å²) in [6.45, 7) is 7.52. The van der Waals surface area contributed by atoms with Crippen LogP contribution >= 0.6 is 34.8 Å². The number of halogens is 3. The highest BCUT2D eigenvalue weighted by Crippen LogP contribution is 2.30. The molecule has 3 aromatic carbocycles. The molecule has 0 spiro atoms. The number of carbonyl (C=O) groups is 1. The molecule has 4 atom stereocenters. The highest BCUT2D eigenvalue weighted by Gasteiger charge is 2.31. The predicted octanol–water partition coefficient (Wildman–Crippen LogP) is 7.38. The lowest BCUT2D eigenvalue weighted by atomic mass is 10.0. The number of hydrogen-bond acceptors (Lipinski definition) is 7. The highest BCUT2D eigenvalue weighted by molar-refractivity contribution is 7.92. The first-order chi connectivity index (χ1) is 22.8. The molecule has 48 heavy (non-hydrogen) atoms. The molecule has 1 aliphatic rings. The van der Waals surface area contributed by atoms with E-state index in [1.807, 2.05) is 33.0 Å². The third-order valence-electron chi connectivity index (χ3n) is 8.36. The van der Waals surface area contributed by atoms with Crippen molar-refractivity contribution >= 4 is 56.4 Å². The van der Waals surface area contributed by atoms with Gasteiger partial charge in [0.1, 0.15) is 5.75 Å². The Morgan fingerprint density at radius 3 is 2.44 bits per heavy atom. The zero-order valence-corrected chi connectivity index (χ0v) is 30.7. The van der Waals surface area contributed by atoms with Gasteiger partial charge >= 0.3 is 0 Å². The van der Waals surface area contributed by atoms with E-state index in [0.717, 1.165) is 24.8 Å². The van der Waals surface area contributed by atoms with E-state index in [-0.39, 0.29) is 47.4 Å². The predicted molar refractivity (Wildman–Crippen MR) is 192 cm³/mol. The van der Waals surface area contributed by atoms with Gasteiger partial charge in [-0.25, -0.2) is 8.42 Å². The van der Waals surface area contributed by atoms with E-state index >= 15 is 0 Å². The molecule has 2 N–H and O–H groups in total. The number of aliphatic hydroxyl groups excluding tert-OH is 1. The molecule has 0 fully saturated rings. The third-order valence-corrected chi connectivity index (χ3v) is 10.7. The molecule has 0 unspecified atom stereocenters. The fourth-order valence-corrected chi connectivity index (χ4v) is 7.09. The van der Waals surface area contributed by atoms with E-state index < -0.39 is 22.0 Å². The minimum absolute atomic E-state index is 0.0303. The van der Waals surface area contributed by atoms with Gasteiger partial charge in [-0.05, 0) is 100 Å². The number of amides is 1. The zero-order valence-electron chi connectivity index (χ0n) is 27.7. The summed E-state index contributed by atoms with van der Waals surface area (Å²) in [6, 6.07) is 15.5. The van der Waals surface area contributed by atoms with E-state index in [9.17, 15) is 18.3 Å². The Balaban J connectivity index is 1.63. The SMILES string of the molecule is C[C@@H]1CCCCO[C@@H](CN(C)Cc2ccc(Cl)c(Cl)c2)[C@H](C)CN([C@H](C)CO)C(=O)c2cc(NS(=O)(=O)c3ccc(Cl)cc3)ccc2O1. The van der Waals surface area contributed by atoms with Crippen molar-refractivity contribution in [3.8, 4) is 5.75 Å². The number of carbonyl (C=O) groups excluding carboxylic acids is 1. The lowest BCUT2D eigenvalue weighted by Crippen LogP contribution is -2.47. The molecule has 0 radical (unpaired) electrons. The van der Waals surface area contributed by atoms with E-state index in [4.69, 9.17) is 44.3 Å². The van der Waals surface area contributed by atoms with Crippen LogP contribution in [-0.4, -0.2) is 80.8 Å². The summed E-state index contributed by atoms with van der Waals surface area (Å²) in [6.07, 6.45) is 1.98. The third kappa shape index (κ3) is 10.5. The summed E-state index contributed by atoms with van der Waals surface area (Å²) in [5, 5.41) is 11.6. The Morgan fingerprint density at radius 1 is 1.02 bits per heavy atom. The van der Waals surface area contributed by atoms with Crippen LogP contribution in [0.2, 0.25) is 15.1 Å². The molecule has 0 bridgehead atoms. The number of aliphatic hydroxyl groups is 1. The number of nitrogens with one attached hydrogen (secondary N) is 1. The van der Waals surface area contributed by atoms with Gasteiger partial charge in [-0.1, -0.05) is 47.8 Å². The van der Waals surface area contributed by atoms with Gasteiger partial charge in [-0.15, -0.1) is 0 Å². The number of anilines is 1. The van der Waals surface area contributed by atoms with Gasteiger partial charge in [0.25, 0.3) is 15.9 Å². The van der Waals surface area contributed by atoms with Gasteiger partial charge in [0, 0.05) is 42.9 Å². The first-order valence-corrected chi connectivity index (χ1v) is 18.6. The van der Waals surface area contributed by atoms with Gasteiger partial charge < -0.3 is 19.5 Å². The monoisotopic (exact) mass is 739 g/mol. The lowest BCUT2D eigenvalue weighted by molar-refractivity contribution is -0.0177. The van der Waals surface area contributed by atoms with Crippen LogP contribution in [0.5, 0.6) is 5.75 Å². The van der Waals surface area contributed by atoms with Crippen LogP contribution in [0.1, 0.15) is 56.0 Å². The van der Waals surface area contributed by atoms with Crippen molar-refractivity contribution in [1.82, 2.24) is 9.80 Å². The lowest BCUT2D eigenvalue weighted by Gasteiger charge is -2.36. The van der Waals surface area contributed by atoms with Crippen molar-refractivity contribution in [2.24, 2.45) is 5.92 Å². The Kier molecular flexibility index (Phi) is 13.8. The molecule has 4 rings (SSSR count). The van der Waals surface area contributed by atoms with Crippen LogP contribution < -0.4 is 9.46 Å². The number of rotatable bonds is 9. The van der Waals surface area contributed by atoms with E-state index in [2.05, 4.69) is 9.62 Å². The molecular formula is C35H44Cl3N3O6S. The van der Waals surface area contributed by atoms with Gasteiger partial charge in [0.2, 0.25) is 0 Å². The Morgan fingerprint density at radius 2 is 1.75 bits per heavy atom. The molecule has 1 aliphatic heterocycles. The fraction of sp³-hybridized carbons (Fsp3) is 0.457. The zero-order chi connectivity index (χ0) is 35.0. The average Bonchev–Trinajstić information content (AvgIpc) is 3.04. The maximum absolute atomic E-state index is 14.4. The second-order valence-electron chi connectivity index (χ2n) is 12.5. The smallest absolute Gasteiger partial charge is 0.261 e. The van der Waals surface area contributed by atoms with Gasteiger partial charge in [-0.3, -0.25) is 14.4 Å². The second kappa shape index (κ2) is 17.4. The standard InChI is InChI=1S/C35H44Cl3N3O6S/c1-23-19-41(24(2)22-42)35(43)30-18-28(39-48(44,45)29-12-9-27(36)10-13-29)11-15-33(30)47-25(3)7-5-6-16-46-34(23)21-40(4)20-26-8-14-31(37)32(38)17-26/h8-15,17-18,23-25,34,39,42H,5-7,16,19-22H2,1-4H3/t23-,24-,25-,34+/m1/s1. The fourth-order valence-electron chi connectivity index (χ4n) is 5.60. The summed E-state index contributed by atoms with van der Waals surface area (Å²) in [7, 11) is -1.97. The Bertz CT molecular complexity index is 1640. The first kappa shape index (κ1) is 38.2. The molecule has 13 heteroatoms. The van der Waals surface area contributed by atoms with Crippen LogP contribution in [0.25, 0.3) is 0 Å². The molecule has 0 saturated heterocycles. The number of benzene rings is 3. The number of sulfonamides is 1. The van der Waals surface area contributed by atoms with Crippen molar-refractivity contribution in [3.63, 3.8) is 0 Å². The summed E-state index contributed by atoms with van der Waals surface area (Å²) in [5.74, 6) is -0.175. The maximum Gasteiger partial charge on any atom is 0.261 e. The molecule has 1 amide bonds. The number of fused-ring (bicyclic) bond motifs is 1.